The first-order valence-corrected chi connectivity index (χ1v) is 13.0. The zero-order chi connectivity index (χ0) is 24.0. The van der Waals surface area contributed by atoms with E-state index in [-0.39, 0.29) is 40.8 Å². The number of cyclic esters (lactones) is 1. The van der Waals surface area contributed by atoms with Crippen molar-refractivity contribution in [2.24, 2.45) is 46.3 Å². The van der Waals surface area contributed by atoms with Gasteiger partial charge >= 0.3 is 17.9 Å². The molecule has 0 N–H and O–H groups in total. The minimum Gasteiger partial charge on any atom is -0.469 e. The van der Waals surface area contributed by atoms with E-state index in [2.05, 4.69) is 20.8 Å². The fourth-order valence-corrected chi connectivity index (χ4v) is 8.69. The van der Waals surface area contributed by atoms with Gasteiger partial charge in [-0.2, -0.15) is 0 Å². The van der Waals surface area contributed by atoms with Crippen LogP contribution in [0.1, 0.15) is 85.5 Å². The number of hydrogen-bond acceptors (Lipinski definition) is 6. The van der Waals surface area contributed by atoms with Crippen LogP contribution in [0.15, 0.2) is 0 Å². The second-order valence-corrected chi connectivity index (χ2v) is 11.9. The fraction of sp³-hybridized carbons (Fsp3) is 0.889. The molecule has 4 rings (SSSR count). The summed E-state index contributed by atoms with van der Waals surface area (Å²) < 4.78 is 16.3. The molecule has 0 aromatic carbocycles. The summed E-state index contributed by atoms with van der Waals surface area (Å²) in [4.78, 5) is 36.4. The Morgan fingerprint density at radius 3 is 2.48 bits per heavy atom. The molecule has 4 fully saturated rings. The topological polar surface area (TPSA) is 78.9 Å². The molecule has 9 atom stereocenters. The molecule has 0 aromatic rings. The summed E-state index contributed by atoms with van der Waals surface area (Å²) in [6.07, 6.45) is 8.19. The number of fused-ring (bicyclic) bond motifs is 5. The Morgan fingerprint density at radius 2 is 1.79 bits per heavy atom. The highest BCUT2D eigenvalue weighted by Crippen LogP contribution is 2.66. The van der Waals surface area contributed by atoms with E-state index in [0.29, 0.717) is 49.0 Å². The second-order valence-electron chi connectivity index (χ2n) is 11.9. The molecule has 0 spiro atoms. The van der Waals surface area contributed by atoms with Crippen molar-refractivity contribution in [3.05, 3.63) is 0 Å². The molecule has 0 unspecified atom stereocenters. The smallest absolute Gasteiger partial charge is 0.309 e. The standard InChI is InChI=1S/C27H42O6/c1-16(6-9-24(29)31-5)20-7-8-21-19-15-32-25(30)23-14-18(33-17(2)28)10-12-27(23,4)22(19)11-13-26(20,21)3/h16,18-23H,6-15H2,1-5H3/t16-,18-,19+,20-,21+,22+,23-,26-,27-/m1/s1. The molecule has 1 heterocycles. The second kappa shape index (κ2) is 9.22. The summed E-state index contributed by atoms with van der Waals surface area (Å²) in [6, 6.07) is 0. The Hall–Kier alpha value is -1.59. The molecule has 0 aromatic heterocycles. The Balaban J connectivity index is 1.52. The SMILES string of the molecule is COC(=O)CC[C@@H](C)[C@H]1CC[C@H]2[C@@H]3COC(=O)[C@H]4C[C@H](OC(C)=O)CC[C@]4(C)[C@H]3CC[C@]12C. The summed E-state index contributed by atoms with van der Waals surface area (Å²) in [5.74, 6) is 1.82. The van der Waals surface area contributed by atoms with Crippen LogP contribution >= 0.6 is 0 Å². The Labute approximate surface area is 198 Å². The number of methoxy groups -OCH3 is 1. The summed E-state index contributed by atoms with van der Waals surface area (Å²) in [7, 11) is 1.46. The summed E-state index contributed by atoms with van der Waals surface area (Å²) in [5.41, 5.74) is 0.138. The van der Waals surface area contributed by atoms with Gasteiger partial charge in [-0.05, 0) is 91.8 Å². The first-order valence-electron chi connectivity index (χ1n) is 13.0. The third kappa shape index (κ3) is 4.32. The van der Waals surface area contributed by atoms with E-state index in [1.165, 1.54) is 33.3 Å². The monoisotopic (exact) mass is 462 g/mol. The lowest BCUT2D eigenvalue weighted by molar-refractivity contribution is -0.163. The lowest BCUT2D eigenvalue weighted by Gasteiger charge is -2.55. The highest BCUT2D eigenvalue weighted by Gasteiger charge is 2.61. The quantitative estimate of drug-likeness (QED) is 0.426. The first-order chi connectivity index (χ1) is 15.6. The molecule has 1 saturated heterocycles. The van der Waals surface area contributed by atoms with Crippen molar-refractivity contribution >= 4 is 17.9 Å². The van der Waals surface area contributed by atoms with Crippen LogP contribution in [0, 0.1) is 46.3 Å². The lowest BCUT2D eigenvalue weighted by Crippen LogP contribution is -2.51. The minimum absolute atomic E-state index is 0.0913. The third-order valence-electron chi connectivity index (χ3n) is 10.4. The number of hydrogen-bond donors (Lipinski definition) is 0. The van der Waals surface area contributed by atoms with E-state index in [1.54, 1.807) is 0 Å². The Kier molecular flexibility index (Phi) is 6.85. The molecule has 6 nitrogen and oxygen atoms in total. The molecule has 0 radical (unpaired) electrons. The van der Waals surface area contributed by atoms with Crippen molar-refractivity contribution in [3.63, 3.8) is 0 Å². The van der Waals surface area contributed by atoms with Gasteiger partial charge in [-0.15, -0.1) is 0 Å². The van der Waals surface area contributed by atoms with Gasteiger partial charge in [0.25, 0.3) is 0 Å². The summed E-state index contributed by atoms with van der Waals surface area (Å²) in [5, 5.41) is 0. The molecular formula is C27H42O6. The van der Waals surface area contributed by atoms with Crippen LogP contribution in [-0.4, -0.2) is 37.7 Å². The number of carbonyl (C=O) groups is 3. The predicted molar refractivity (Wildman–Crippen MR) is 123 cm³/mol. The van der Waals surface area contributed by atoms with E-state index in [4.69, 9.17) is 14.2 Å². The Morgan fingerprint density at radius 1 is 1.09 bits per heavy atom. The molecule has 186 valence electrons. The van der Waals surface area contributed by atoms with Gasteiger partial charge in [-0.25, -0.2) is 0 Å². The first kappa shape index (κ1) is 24.5. The maximum atomic E-state index is 13.1. The van der Waals surface area contributed by atoms with Crippen LogP contribution in [0.25, 0.3) is 0 Å². The van der Waals surface area contributed by atoms with Crippen molar-refractivity contribution in [1.29, 1.82) is 0 Å². The van der Waals surface area contributed by atoms with Gasteiger partial charge in [0.15, 0.2) is 0 Å². The molecule has 3 aliphatic carbocycles. The van der Waals surface area contributed by atoms with Crippen molar-refractivity contribution in [3.8, 4) is 0 Å². The molecule has 0 bridgehead atoms. The number of ether oxygens (including phenoxy) is 3. The molecule has 1 aliphatic heterocycles. The summed E-state index contributed by atoms with van der Waals surface area (Å²) >= 11 is 0. The average molecular weight is 463 g/mol. The van der Waals surface area contributed by atoms with Gasteiger partial charge < -0.3 is 14.2 Å². The highest BCUT2D eigenvalue weighted by atomic mass is 16.5. The van der Waals surface area contributed by atoms with Gasteiger partial charge in [0.1, 0.15) is 6.10 Å². The van der Waals surface area contributed by atoms with Crippen molar-refractivity contribution in [1.82, 2.24) is 0 Å². The van der Waals surface area contributed by atoms with E-state index < -0.39 is 0 Å². The van der Waals surface area contributed by atoms with Gasteiger partial charge in [0.2, 0.25) is 0 Å². The minimum atomic E-state index is -0.268. The lowest BCUT2D eigenvalue weighted by atomic mass is 9.48. The largest absolute Gasteiger partial charge is 0.469 e. The zero-order valence-electron chi connectivity index (χ0n) is 21.1. The molecule has 4 aliphatic rings. The predicted octanol–water partition coefficient (Wildman–Crippen LogP) is 4.93. The highest BCUT2D eigenvalue weighted by molar-refractivity contribution is 5.74. The normalized spacial score (nSPS) is 43.2. The molecule has 6 heteroatoms. The number of esters is 3. The van der Waals surface area contributed by atoms with Crippen LogP contribution < -0.4 is 0 Å². The number of carbonyl (C=O) groups excluding carboxylic acids is 3. The molecular weight excluding hydrogens is 420 g/mol. The van der Waals surface area contributed by atoms with Crippen LogP contribution in [0.2, 0.25) is 0 Å². The summed E-state index contributed by atoms with van der Waals surface area (Å²) in [6.45, 7) is 9.04. The van der Waals surface area contributed by atoms with E-state index in [0.717, 1.165) is 25.7 Å². The van der Waals surface area contributed by atoms with Crippen molar-refractivity contribution in [2.75, 3.05) is 13.7 Å². The van der Waals surface area contributed by atoms with Gasteiger partial charge in [-0.3, -0.25) is 14.4 Å². The average Bonchev–Trinajstić information content (AvgIpc) is 3.08. The van der Waals surface area contributed by atoms with Crippen LogP contribution in [0.3, 0.4) is 0 Å². The Bertz CT molecular complexity index is 779. The van der Waals surface area contributed by atoms with E-state index >= 15 is 0 Å². The fourth-order valence-electron chi connectivity index (χ4n) is 8.69. The van der Waals surface area contributed by atoms with Crippen molar-refractivity contribution in [2.45, 2.75) is 91.6 Å². The van der Waals surface area contributed by atoms with Crippen LogP contribution in [-0.2, 0) is 28.6 Å². The van der Waals surface area contributed by atoms with Gasteiger partial charge in [0, 0.05) is 13.3 Å². The maximum absolute atomic E-state index is 13.1. The van der Waals surface area contributed by atoms with Gasteiger partial charge in [-0.1, -0.05) is 20.8 Å². The van der Waals surface area contributed by atoms with Crippen LogP contribution in [0.4, 0.5) is 0 Å². The third-order valence-corrected chi connectivity index (χ3v) is 10.4. The van der Waals surface area contributed by atoms with Crippen molar-refractivity contribution < 1.29 is 28.6 Å². The number of rotatable bonds is 5. The molecule has 3 saturated carbocycles. The molecule has 33 heavy (non-hydrogen) atoms. The van der Waals surface area contributed by atoms with Gasteiger partial charge in [0.05, 0.1) is 19.6 Å². The van der Waals surface area contributed by atoms with Crippen LogP contribution in [0.5, 0.6) is 0 Å². The van der Waals surface area contributed by atoms with E-state index in [9.17, 15) is 14.4 Å². The maximum Gasteiger partial charge on any atom is 0.309 e. The molecule has 0 amide bonds. The van der Waals surface area contributed by atoms with E-state index in [1.807, 2.05) is 0 Å². The zero-order valence-corrected chi connectivity index (χ0v) is 21.1.